The van der Waals surface area contributed by atoms with Gasteiger partial charge in [-0.05, 0) is 86.2 Å². The zero-order chi connectivity index (χ0) is 18.1. The van der Waals surface area contributed by atoms with Gasteiger partial charge in [0, 0.05) is 18.0 Å². The van der Waals surface area contributed by atoms with Gasteiger partial charge < -0.3 is 21.0 Å². The van der Waals surface area contributed by atoms with Crippen LogP contribution in [0.4, 0.5) is 0 Å². The molecule has 0 amide bonds. The maximum absolute atomic E-state index is 10.4. The third-order valence-corrected chi connectivity index (χ3v) is 6.77. The Morgan fingerprint density at radius 2 is 2.27 bits per heavy atom. The van der Waals surface area contributed by atoms with Crippen LogP contribution in [0.5, 0.6) is 5.75 Å². The van der Waals surface area contributed by atoms with E-state index >= 15 is 0 Å². The third kappa shape index (κ3) is 3.00. The van der Waals surface area contributed by atoms with Crippen LogP contribution >= 0.6 is 0 Å². The molecule has 3 aliphatic rings. The zero-order valence-electron chi connectivity index (χ0n) is 15.2. The minimum Gasteiger partial charge on any atom is -0.508 e. The first-order valence-electron chi connectivity index (χ1n) is 9.85. The number of aryl methyl sites for hydroxylation is 1. The van der Waals surface area contributed by atoms with Crippen LogP contribution in [0.25, 0.3) is 0 Å². The second-order valence-electron chi connectivity index (χ2n) is 8.15. The Bertz CT molecular complexity index is 693. The number of aromatic hydroxyl groups is 1. The molecule has 142 valence electrons. The molecule has 1 aromatic rings. The molecule has 6 nitrogen and oxygen atoms in total. The molecule has 2 fully saturated rings. The lowest BCUT2D eigenvalue weighted by atomic mass is 9.52. The van der Waals surface area contributed by atoms with Gasteiger partial charge in [0.15, 0.2) is 0 Å². The van der Waals surface area contributed by atoms with Crippen molar-refractivity contribution in [2.24, 2.45) is 16.8 Å². The van der Waals surface area contributed by atoms with E-state index in [1.54, 1.807) is 0 Å². The Hall–Kier alpha value is -1.63. The molecule has 1 saturated heterocycles. The summed E-state index contributed by atoms with van der Waals surface area (Å²) < 4.78 is 0. The number of hydrogen-bond donors (Lipinski definition) is 5. The van der Waals surface area contributed by atoms with Crippen molar-refractivity contribution in [3.63, 3.8) is 0 Å². The van der Waals surface area contributed by atoms with Crippen molar-refractivity contribution < 1.29 is 10.2 Å². The van der Waals surface area contributed by atoms with Gasteiger partial charge in [0.2, 0.25) is 0 Å². The van der Waals surface area contributed by atoms with Crippen molar-refractivity contribution in [3.8, 4) is 5.75 Å². The Balaban J connectivity index is 1.68. The smallest absolute Gasteiger partial charge is 0.116 e. The number of fused-ring (bicyclic) bond motifs is 1. The number of rotatable bonds is 5. The monoisotopic (exact) mass is 358 g/mol. The fourth-order valence-electron chi connectivity index (χ4n) is 5.80. The molecule has 0 radical (unpaired) electrons. The number of aliphatic hydroxyl groups is 1. The topological polar surface area (TPSA) is 103 Å². The number of hydrazine groups is 1. The molecule has 1 saturated carbocycles. The van der Waals surface area contributed by atoms with Crippen molar-refractivity contribution in [1.29, 1.82) is 0 Å². The van der Waals surface area contributed by atoms with Gasteiger partial charge >= 0.3 is 0 Å². The molecule has 1 aliphatic heterocycles. The van der Waals surface area contributed by atoms with Crippen LogP contribution in [0, 0.1) is 5.92 Å². The predicted molar refractivity (Wildman–Crippen MR) is 102 cm³/mol. The predicted octanol–water partition coefficient (Wildman–Crippen LogP) is 1.13. The molecule has 26 heavy (non-hydrogen) atoms. The zero-order valence-corrected chi connectivity index (χ0v) is 15.2. The lowest BCUT2D eigenvalue weighted by molar-refractivity contribution is 0.00354. The minimum atomic E-state index is -0.222. The minimum absolute atomic E-state index is 0.0241. The molecule has 6 heteroatoms. The first-order chi connectivity index (χ1) is 12.6. The summed E-state index contributed by atoms with van der Waals surface area (Å²) >= 11 is 0. The van der Waals surface area contributed by atoms with Crippen LogP contribution in [0.2, 0.25) is 0 Å². The molecule has 1 unspecified atom stereocenters. The van der Waals surface area contributed by atoms with Gasteiger partial charge in [0.25, 0.3) is 0 Å². The number of nitrogens with two attached hydrogens (primary N) is 1. The number of nitrogens with one attached hydrogen (secondary N) is 2. The summed E-state index contributed by atoms with van der Waals surface area (Å²) in [5.74, 6) is 6.13. The lowest BCUT2D eigenvalue weighted by Gasteiger charge is -2.57. The summed E-state index contributed by atoms with van der Waals surface area (Å²) in [7, 11) is 0. The Kier molecular flexibility index (Phi) is 4.90. The van der Waals surface area contributed by atoms with Crippen LogP contribution in [0.1, 0.15) is 48.8 Å². The molecular weight excluding hydrogens is 328 g/mol. The standard InChI is InChI=1S/C20H30N4O2/c21-24-12-22-6-1-2-13-8-15(26)9-18-16(13)10-19-17-4-3-14(25)11-20(17,18)5-7-23-19/h8-9,12,14,17,19,23,25-26H,1-7,10-11,21H2,(H,22,24)/t14?,17-,19+,20-/m0/s1. The maximum atomic E-state index is 10.4. The van der Waals surface area contributed by atoms with E-state index in [0.29, 0.717) is 24.3 Å². The molecule has 4 rings (SSSR count). The van der Waals surface area contributed by atoms with Crippen LogP contribution in [0.15, 0.2) is 17.1 Å². The molecular formula is C20H30N4O2. The summed E-state index contributed by atoms with van der Waals surface area (Å²) in [4.78, 5) is 4.20. The lowest BCUT2D eigenvalue weighted by Crippen LogP contribution is -2.61. The highest BCUT2D eigenvalue weighted by molar-refractivity contribution is 5.53. The molecule has 1 aromatic carbocycles. The first kappa shape index (κ1) is 17.8. The van der Waals surface area contributed by atoms with Gasteiger partial charge in [-0.25, -0.2) is 5.84 Å². The molecule has 2 bridgehead atoms. The van der Waals surface area contributed by atoms with Crippen molar-refractivity contribution >= 4 is 6.34 Å². The molecule has 6 N–H and O–H groups in total. The van der Waals surface area contributed by atoms with Crippen LogP contribution in [0.3, 0.4) is 0 Å². The quantitative estimate of drug-likeness (QED) is 0.179. The van der Waals surface area contributed by atoms with E-state index in [9.17, 15) is 10.2 Å². The number of phenolic OH excluding ortho intramolecular Hbond substituents is 1. The number of aliphatic imine (C=N–C) groups is 1. The SMILES string of the molecule is NNC=NCCCc1cc(O)cc2c1C[C@H]1NCC[C@@]23CC(O)CC[C@@H]13. The normalized spacial score (nSPS) is 32.9. The molecule has 0 aromatic heterocycles. The van der Waals surface area contributed by atoms with Gasteiger partial charge in [-0.1, -0.05) is 0 Å². The van der Waals surface area contributed by atoms with Crippen molar-refractivity contribution in [2.45, 2.75) is 62.5 Å². The van der Waals surface area contributed by atoms with Gasteiger partial charge in [-0.3, -0.25) is 4.99 Å². The highest BCUT2D eigenvalue weighted by Crippen LogP contribution is 2.55. The average Bonchev–Trinajstić information content (AvgIpc) is 2.62. The number of aliphatic hydroxyl groups excluding tert-OH is 1. The van der Waals surface area contributed by atoms with Crippen molar-refractivity contribution in [2.75, 3.05) is 13.1 Å². The Morgan fingerprint density at radius 1 is 1.38 bits per heavy atom. The van der Waals surface area contributed by atoms with E-state index in [-0.39, 0.29) is 11.5 Å². The molecule has 1 heterocycles. The fraction of sp³-hybridized carbons (Fsp3) is 0.650. The second-order valence-corrected chi connectivity index (χ2v) is 8.15. The second kappa shape index (κ2) is 7.18. The maximum Gasteiger partial charge on any atom is 0.116 e. The Labute approximate surface area is 154 Å². The van der Waals surface area contributed by atoms with Crippen molar-refractivity contribution in [1.82, 2.24) is 10.7 Å². The highest BCUT2D eigenvalue weighted by atomic mass is 16.3. The molecule has 4 atom stereocenters. The van der Waals surface area contributed by atoms with Gasteiger partial charge in [-0.2, -0.15) is 0 Å². The van der Waals surface area contributed by atoms with E-state index in [1.165, 1.54) is 23.0 Å². The van der Waals surface area contributed by atoms with Crippen LogP contribution < -0.4 is 16.6 Å². The number of phenols is 1. The first-order valence-corrected chi connectivity index (χ1v) is 9.85. The van der Waals surface area contributed by atoms with E-state index < -0.39 is 0 Å². The Morgan fingerprint density at radius 3 is 3.12 bits per heavy atom. The van der Waals surface area contributed by atoms with E-state index in [1.807, 2.05) is 12.1 Å². The van der Waals surface area contributed by atoms with Crippen molar-refractivity contribution in [3.05, 3.63) is 28.8 Å². The fourth-order valence-corrected chi connectivity index (χ4v) is 5.80. The number of nitrogens with zero attached hydrogens (tertiary/aromatic N) is 1. The van der Waals surface area contributed by atoms with Crippen LogP contribution in [-0.2, 0) is 18.3 Å². The largest absolute Gasteiger partial charge is 0.508 e. The van der Waals surface area contributed by atoms with Crippen LogP contribution in [-0.4, -0.2) is 41.8 Å². The summed E-state index contributed by atoms with van der Waals surface area (Å²) in [5.41, 5.74) is 6.39. The summed E-state index contributed by atoms with van der Waals surface area (Å²) in [6.45, 7) is 1.71. The molecule has 2 aliphatic carbocycles. The number of piperidine rings is 1. The average molecular weight is 358 g/mol. The number of benzene rings is 1. The third-order valence-electron chi connectivity index (χ3n) is 6.77. The van der Waals surface area contributed by atoms with Gasteiger partial charge in [-0.15, -0.1) is 0 Å². The molecule has 0 spiro atoms. The summed E-state index contributed by atoms with van der Waals surface area (Å²) in [5, 5.41) is 24.6. The van der Waals surface area contributed by atoms with Gasteiger partial charge in [0.1, 0.15) is 5.75 Å². The number of hydrogen-bond acceptors (Lipinski definition) is 5. The van der Waals surface area contributed by atoms with E-state index in [2.05, 4.69) is 15.7 Å². The van der Waals surface area contributed by atoms with Gasteiger partial charge in [0.05, 0.1) is 12.4 Å². The van der Waals surface area contributed by atoms with E-state index in [0.717, 1.165) is 51.5 Å². The summed E-state index contributed by atoms with van der Waals surface area (Å²) in [6, 6.07) is 4.41. The summed E-state index contributed by atoms with van der Waals surface area (Å²) in [6.07, 6.45) is 7.99. The highest BCUT2D eigenvalue weighted by Gasteiger charge is 2.53. The van der Waals surface area contributed by atoms with E-state index in [4.69, 9.17) is 5.84 Å².